The van der Waals surface area contributed by atoms with Gasteiger partial charge in [0.05, 0.1) is 13.2 Å². The van der Waals surface area contributed by atoms with Crippen molar-refractivity contribution in [3.63, 3.8) is 0 Å². The van der Waals surface area contributed by atoms with Gasteiger partial charge in [-0.15, -0.1) is 0 Å². The molecule has 0 unspecified atom stereocenters. The maximum absolute atomic E-state index is 11.2. The Morgan fingerprint density at radius 1 is 1.44 bits per heavy atom. The predicted molar refractivity (Wildman–Crippen MR) is 68.6 cm³/mol. The van der Waals surface area contributed by atoms with E-state index in [2.05, 4.69) is 21.2 Å². The van der Waals surface area contributed by atoms with Gasteiger partial charge in [-0.05, 0) is 24.6 Å². The summed E-state index contributed by atoms with van der Waals surface area (Å²) in [6, 6.07) is 3.76. The van der Waals surface area contributed by atoms with Crippen LogP contribution in [0.4, 0.5) is 0 Å². The van der Waals surface area contributed by atoms with Gasteiger partial charge in [0.2, 0.25) is 6.79 Å². The van der Waals surface area contributed by atoms with Crippen molar-refractivity contribution in [2.24, 2.45) is 0 Å². The highest BCUT2D eigenvalue weighted by molar-refractivity contribution is 9.10. The lowest BCUT2D eigenvalue weighted by molar-refractivity contribution is -0.142. The molecule has 0 aromatic heterocycles. The van der Waals surface area contributed by atoms with Crippen molar-refractivity contribution < 1.29 is 19.0 Å². The molecule has 1 heterocycles. The lowest BCUT2D eigenvalue weighted by Crippen LogP contribution is -2.24. The molecule has 0 spiro atoms. The van der Waals surface area contributed by atoms with Crippen LogP contribution >= 0.6 is 15.9 Å². The summed E-state index contributed by atoms with van der Waals surface area (Å²) in [4.78, 5) is 11.2. The Balaban J connectivity index is 1.92. The van der Waals surface area contributed by atoms with Crippen molar-refractivity contribution in [3.8, 4) is 11.5 Å². The van der Waals surface area contributed by atoms with Gasteiger partial charge in [0, 0.05) is 11.0 Å². The number of halogens is 1. The summed E-state index contributed by atoms with van der Waals surface area (Å²) in [5.41, 5.74) is 1.00. The fourth-order valence-electron chi connectivity index (χ4n) is 1.61. The Labute approximate surface area is 114 Å². The normalized spacial score (nSPS) is 12.6. The quantitative estimate of drug-likeness (QED) is 0.840. The molecule has 0 radical (unpaired) electrons. The number of benzene rings is 1. The second kappa shape index (κ2) is 6.06. The number of hydrogen-bond donors (Lipinski definition) is 1. The highest BCUT2D eigenvalue weighted by Gasteiger charge is 2.16. The summed E-state index contributed by atoms with van der Waals surface area (Å²) >= 11 is 3.46. The molecule has 5 nitrogen and oxygen atoms in total. The van der Waals surface area contributed by atoms with Crippen molar-refractivity contribution in [1.82, 2.24) is 5.32 Å². The van der Waals surface area contributed by atoms with Gasteiger partial charge in [-0.2, -0.15) is 0 Å². The van der Waals surface area contributed by atoms with E-state index in [0.717, 1.165) is 21.5 Å². The fraction of sp³-hybridized carbons (Fsp3) is 0.417. The van der Waals surface area contributed by atoms with Crippen molar-refractivity contribution in [2.75, 3.05) is 19.9 Å². The maximum Gasteiger partial charge on any atom is 0.319 e. The van der Waals surface area contributed by atoms with E-state index in [0.29, 0.717) is 13.2 Å². The summed E-state index contributed by atoms with van der Waals surface area (Å²) in [5, 5.41) is 3.02. The van der Waals surface area contributed by atoms with E-state index in [-0.39, 0.29) is 19.3 Å². The highest BCUT2D eigenvalue weighted by atomic mass is 79.9. The van der Waals surface area contributed by atoms with Gasteiger partial charge < -0.3 is 19.5 Å². The van der Waals surface area contributed by atoms with Gasteiger partial charge in [-0.1, -0.05) is 15.9 Å². The van der Waals surface area contributed by atoms with E-state index in [1.54, 1.807) is 6.92 Å². The lowest BCUT2D eigenvalue weighted by atomic mass is 10.2. The molecular formula is C12H14BrNO4. The van der Waals surface area contributed by atoms with E-state index in [1.807, 2.05) is 12.1 Å². The summed E-state index contributed by atoms with van der Waals surface area (Å²) in [5.74, 6) is 1.21. The highest BCUT2D eigenvalue weighted by Crippen LogP contribution is 2.36. The van der Waals surface area contributed by atoms with Crippen molar-refractivity contribution >= 4 is 21.9 Å². The molecule has 0 saturated carbocycles. The summed E-state index contributed by atoms with van der Waals surface area (Å²) in [6.45, 7) is 3.17. The van der Waals surface area contributed by atoms with E-state index in [9.17, 15) is 4.79 Å². The summed E-state index contributed by atoms with van der Waals surface area (Å²) < 4.78 is 16.3. The van der Waals surface area contributed by atoms with E-state index >= 15 is 0 Å². The van der Waals surface area contributed by atoms with E-state index < -0.39 is 0 Å². The smallest absolute Gasteiger partial charge is 0.319 e. The predicted octanol–water partition coefficient (Wildman–Crippen LogP) is 1.83. The summed E-state index contributed by atoms with van der Waals surface area (Å²) in [6.07, 6.45) is 0. The molecule has 0 atom stereocenters. The Hall–Kier alpha value is -1.27. The van der Waals surface area contributed by atoms with Crippen LogP contribution in [0.2, 0.25) is 0 Å². The first-order valence-corrected chi connectivity index (χ1v) is 6.44. The van der Waals surface area contributed by atoms with Crippen molar-refractivity contribution in [3.05, 3.63) is 22.2 Å². The molecule has 1 aromatic carbocycles. The minimum atomic E-state index is -0.255. The molecule has 0 aliphatic carbocycles. The molecule has 0 saturated heterocycles. The average molecular weight is 316 g/mol. The third kappa shape index (κ3) is 3.14. The SMILES string of the molecule is CCOC(=O)CNCc1cc2c(cc1Br)OCO2. The zero-order chi connectivity index (χ0) is 13.0. The minimum absolute atomic E-state index is 0.189. The molecule has 1 aliphatic rings. The zero-order valence-electron chi connectivity index (χ0n) is 9.99. The van der Waals surface area contributed by atoms with Crippen molar-refractivity contribution in [2.45, 2.75) is 13.5 Å². The second-order valence-corrected chi connectivity index (χ2v) is 4.56. The van der Waals surface area contributed by atoms with Crippen LogP contribution in [-0.2, 0) is 16.1 Å². The topological polar surface area (TPSA) is 56.8 Å². The van der Waals surface area contributed by atoms with Gasteiger partial charge in [0.1, 0.15) is 0 Å². The molecule has 18 heavy (non-hydrogen) atoms. The molecule has 1 aliphatic heterocycles. The Morgan fingerprint density at radius 2 is 2.17 bits per heavy atom. The lowest BCUT2D eigenvalue weighted by Gasteiger charge is -2.08. The average Bonchev–Trinajstić information content (AvgIpc) is 2.76. The van der Waals surface area contributed by atoms with E-state index in [1.165, 1.54) is 0 Å². The maximum atomic E-state index is 11.2. The standard InChI is InChI=1S/C12H14BrNO4/c1-2-16-12(15)6-14-5-8-3-10-11(4-9(8)13)18-7-17-10/h3-4,14H,2,5-7H2,1H3. The van der Waals surface area contributed by atoms with Crippen LogP contribution in [0.5, 0.6) is 11.5 Å². The molecule has 1 aromatic rings. The first-order valence-electron chi connectivity index (χ1n) is 5.65. The largest absolute Gasteiger partial charge is 0.465 e. The molecular weight excluding hydrogens is 302 g/mol. The van der Waals surface area contributed by atoms with Gasteiger partial charge in [-0.3, -0.25) is 4.79 Å². The van der Waals surface area contributed by atoms with Crippen LogP contribution in [0.1, 0.15) is 12.5 Å². The van der Waals surface area contributed by atoms with Gasteiger partial charge >= 0.3 is 5.97 Å². The zero-order valence-corrected chi connectivity index (χ0v) is 11.6. The Kier molecular flexibility index (Phi) is 4.43. The second-order valence-electron chi connectivity index (χ2n) is 3.71. The minimum Gasteiger partial charge on any atom is -0.465 e. The number of fused-ring (bicyclic) bond motifs is 1. The first kappa shape index (κ1) is 13.2. The van der Waals surface area contributed by atoms with Gasteiger partial charge in [0.15, 0.2) is 11.5 Å². The first-order chi connectivity index (χ1) is 8.70. The van der Waals surface area contributed by atoms with Crippen LogP contribution in [0.25, 0.3) is 0 Å². The van der Waals surface area contributed by atoms with Crippen LogP contribution in [0.3, 0.4) is 0 Å². The van der Waals surface area contributed by atoms with Crippen molar-refractivity contribution in [1.29, 1.82) is 0 Å². The molecule has 2 rings (SSSR count). The monoisotopic (exact) mass is 315 g/mol. The number of carbonyl (C=O) groups is 1. The van der Waals surface area contributed by atoms with Gasteiger partial charge in [-0.25, -0.2) is 0 Å². The molecule has 98 valence electrons. The number of hydrogen-bond acceptors (Lipinski definition) is 5. The van der Waals surface area contributed by atoms with Crippen LogP contribution < -0.4 is 14.8 Å². The molecule has 0 fully saturated rings. The number of nitrogens with one attached hydrogen (secondary N) is 1. The van der Waals surface area contributed by atoms with Crippen LogP contribution in [0.15, 0.2) is 16.6 Å². The third-order valence-corrected chi connectivity index (χ3v) is 3.17. The number of ether oxygens (including phenoxy) is 3. The Bertz CT molecular complexity index is 450. The van der Waals surface area contributed by atoms with Gasteiger partial charge in [0.25, 0.3) is 0 Å². The fourth-order valence-corrected chi connectivity index (χ4v) is 2.07. The summed E-state index contributed by atoms with van der Waals surface area (Å²) in [7, 11) is 0. The molecule has 1 N–H and O–H groups in total. The van der Waals surface area contributed by atoms with Crippen LogP contribution in [0, 0.1) is 0 Å². The molecule has 6 heteroatoms. The number of rotatable bonds is 5. The van der Waals surface area contributed by atoms with Crippen LogP contribution in [-0.4, -0.2) is 25.9 Å². The number of esters is 1. The molecule has 0 amide bonds. The number of carbonyl (C=O) groups excluding carboxylic acids is 1. The Morgan fingerprint density at radius 3 is 2.89 bits per heavy atom. The van der Waals surface area contributed by atoms with E-state index in [4.69, 9.17) is 14.2 Å². The third-order valence-electron chi connectivity index (χ3n) is 2.43. The molecule has 0 bridgehead atoms.